The predicted molar refractivity (Wildman–Crippen MR) is 176 cm³/mol. The van der Waals surface area contributed by atoms with Gasteiger partial charge in [-0.1, -0.05) is 76.6 Å². The smallest absolute Gasteiger partial charge is 0.408 e. The number of ether oxygens (including phenoxy) is 2. The lowest BCUT2D eigenvalue weighted by atomic mass is 9.63. The van der Waals surface area contributed by atoms with E-state index in [2.05, 4.69) is 21.2 Å². The largest absolute Gasteiger partial charge is 0.464 e. The summed E-state index contributed by atoms with van der Waals surface area (Å²) in [4.78, 5) is 69.4. The van der Waals surface area contributed by atoms with Crippen molar-refractivity contribution in [1.82, 2.24) is 10.2 Å². The molecule has 244 valence electrons. The molecule has 3 amide bonds. The Morgan fingerprint density at radius 2 is 1.50 bits per heavy atom. The zero-order valence-corrected chi connectivity index (χ0v) is 28.7. The van der Waals surface area contributed by atoms with Gasteiger partial charge in [0.05, 0.1) is 23.4 Å². The van der Waals surface area contributed by atoms with E-state index in [1.165, 1.54) is 4.90 Å². The number of rotatable bonds is 10. The lowest BCUT2D eigenvalue weighted by molar-refractivity contribution is -0.146. The molecule has 1 saturated carbocycles. The molecule has 0 aromatic heterocycles. The van der Waals surface area contributed by atoms with Crippen LogP contribution in [-0.4, -0.2) is 63.7 Å². The maximum absolute atomic E-state index is 14.5. The quantitative estimate of drug-likeness (QED) is 0.141. The summed E-state index contributed by atoms with van der Waals surface area (Å²) in [7, 11) is 0. The lowest BCUT2D eigenvalue weighted by Gasteiger charge is -2.41. The van der Waals surface area contributed by atoms with Gasteiger partial charge in [0.15, 0.2) is 5.78 Å². The fourth-order valence-corrected chi connectivity index (χ4v) is 8.88. The summed E-state index contributed by atoms with van der Waals surface area (Å²) in [5.41, 5.74) is -0.0942. The number of alkyl carbamates (subject to hydrolysis) is 1. The number of unbranched alkanes of at least 4 members (excludes halogenated alkanes) is 1. The number of hydrogen-bond acceptors (Lipinski definition) is 7. The monoisotopic (exact) mass is 692 g/mol. The highest BCUT2D eigenvalue weighted by Crippen LogP contribution is 2.77. The zero-order valence-electron chi connectivity index (χ0n) is 27.1. The number of alkyl halides is 1. The number of benzene rings is 2. The van der Waals surface area contributed by atoms with E-state index < -0.39 is 56.6 Å². The number of carbonyl (C=O) groups excluding carboxylic acids is 5. The van der Waals surface area contributed by atoms with Crippen LogP contribution in [0, 0.1) is 16.7 Å². The van der Waals surface area contributed by atoms with E-state index in [1.54, 1.807) is 41.5 Å². The number of ketones is 1. The van der Waals surface area contributed by atoms with Crippen LogP contribution in [0.3, 0.4) is 0 Å². The Kier molecular flexibility index (Phi) is 8.83. The van der Waals surface area contributed by atoms with Crippen molar-refractivity contribution in [3.05, 3.63) is 71.8 Å². The van der Waals surface area contributed by atoms with Gasteiger partial charge in [-0.2, -0.15) is 0 Å². The first-order valence-corrected chi connectivity index (χ1v) is 16.5. The van der Waals surface area contributed by atoms with Gasteiger partial charge in [0.1, 0.15) is 16.0 Å². The Morgan fingerprint density at radius 3 is 2.04 bits per heavy atom. The molecule has 9 nitrogen and oxygen atoms in total. The van der Waals surface area contributed by atoms with E-state index in [0.29, 0.717) is 12.8 Å². The van der Waals surface area contributed by atoms with Crippen molar-refractivity contribution < 1.29 is 33.4 Å². The van der Waals surface area contributed by atoms with Gasteiger partial charge in [-0.25, -0.2) is 9.59 Å². The van der Waals surface area contributed by atoms with Gasteiger partial charge >= 0.3 is 12.1 Å². The Bertz CT molecular complexity index is 1600. The second-order valence-electron chi connectivity index (χ2n) is 13.5. The van der Waals surface area contributed by atoms with E-state index >= 15 is 0 Å². The molecular formula is C36H41BrN2O7. The average molecular weight is 694 g/mol. The summed E-state index contributed by atoms with van der Waals surface area (Å²) in [6, 6.07) is 18.3. The maximum atomic E-state index is 14.5. The lowest BCUT2D eigenvalue weighted by Crippen LogP contribution is -2.50. The number of carbonyl (C=O) groups is 5. The van der Waals surface area contributed by atoms with Crippen LogP contribution in [0.15, 0.2) is 60.7 Å². The zero-order chi connectivity index (χ0) is 33.7. The third-order valence-electron chi connectivity index (χ3n) is 9.48. The van der Waals surface area contributed by atoms with Crippen LogP contribution in [0.2, 0.25) is 0 Å². The number of likely N-dealkylation sites (tertiary alicyclic amines) is 1. The molecule has 1 N–H and O–H groups in total. The standard InChI is InChI=1S/C36H41BrN2O7/c1-7-45-29(41)24(38-32(44)46-33(2,3)4)20-14-15-21-39-28(40)27-34(5)25(22-16-10-8-11-17-22)26(23-18-12-9-13-19-23)35(6,30(34)42)36(27,37)31(39)43/h8-13,16-19,24,27H,7,14-15,20-21H2,1-6H3,(H,38,44)/t24-,27?,34?,35?,36?/m0/s1. The van der Waals surface area contributed by atoms with Crippen molar-refractivity contribution in [3.8, 4) is 0 Å². The van der Waals surface area contributed by atoms with Crippen molar-refractivity contribution in [2.75, 3.05) is 13.2 Å². The van der Waals surface area contributed by atoms with Crippen molar-refractivity contribution in [1.29, 1.82) is 0 Å². The Labute approximate surface area is 278 Å². The molecule has 5 rings (SSSR count). The van der Waals surface area contributed by atoms with Gasteiger partial charge in [-0.15, -0.1) is 0 Å². The van der Waals surface area contributed by atoms with E-state index in [9.17, 15) is 24.0 Å². The molecule has 2 fully saturated rings. The minimum absolute atomic E-state index is 0.102. The van der Waals surface area contributed by atoms with Crippen molar-refractivity contribution in [3.63, 3.8) is 0 Å². The summed E-state index contributed by atoms with van der Waals surface area (Å²) in [5, 5.41) is 2.58. The third kappa shape index (κ3) is 5.09. The molecule has 2 aliphatic carbocycles. The fraction of sp³-hybridized carbons (Fsp3) is 0.472. The van der Waals surface area contributed by atoms with Crippen LogP contribution < -0.4 is 5.32 Å². The Hall–Kier alpha value is -3.79. The fourth-order valence-electron chi connectivity index (χ4n) is 7.63. The molecule has 0 spiro atoms. The van der Waals surface area contributed by atoms with Gasteiger partial charge in [0, 0.05) is 6.54 Å². The first-order valence-electron chi connectivity index (χ1n) is 15.8. The van der Waals surface area contributed by atoms with Crippen LogP contribution in [0.25, 0.3) is 11.1 Å². The van der Waals surface area contributed by atoms with Crippen molar-refractivity contribution >= 4 is 56.7 Å². The van der Waals surface area contributed by atoms with E-state index in [1.807, 2.05) is 60.7 Å². The third-order valence-corrected chi connectivity index (χ3v) is 11.1. The molecule has 2 aromatic carbocycles. The highest BCUT2D eigenvalue weighted by Gasteiger charge is 2.85. The van der Waals surface area contributed by atoms with Gasteiger partial charge < -0.3 is 14.8 Å². The van der Waals surface area contributed by atoms with Crippen LogP contribution in [0.1, 0.15) is 71.9 Å². The minimum Gasteiger partial charge on any atom is -0.464 e. The maximum Gasteiger partial charge on any atom is 0.408 e. The molecule has 10 heteroatoms. The number of Topliss-reactive ketones (excluding diaryl/α,β-unsaturated/α-hetero) is 1. The average Bonchev–Trinajstić information content (AvgIpc) is 3.38. The summed E-state index contributed by atoms with van der Waals surface area (Å²) in [6.07, 6.45) is 0.280. The van der Waals surface area contributed by atoms with E-state index in [4.69, 9.17) is 9.47 Å². The molecule has 46 heavy (non-hydrogen) atoms. The number of allylic oxidation sites excluding steroid dienone is 2. The van der Waals surface area contributed by atoms with E-state index in [-0.39, 0.29) is 25.4 Å². The Balaban J connectivity index is 1.41. The predicted octanol–water partition coefficient (Wildman–Crippen LogP) is 5.95. The van der Waals surface area contributed by atoms with E-state index in [0.717, 1.165) is 22.3 Å². The molecule has 1 saturated heterocycles. The molecule has 1 heterocycles. The first kappa shape index (κ1) is 33.6. The molecule has 5 atom stereocenters. The molecule has 2 aromatic rings. The number of imide groups is 1. The number of amides is 3. The minimum atomic E-state index is -1.46. The Morgan fingerprint density at radius 1 is 0.935 bits per heavy atom. The van der Waals surface area contributed by atoms with Gasteiger partial charge in [-0.05, 0) is 83.1 Å². The molecule has 3 aliphatic rings. The molecular weight excluding hydrogens is 652 g/mol. The van der Waals surface area contributed by atoms with Crippen LogP contribution in [0.4, 0.5) is 4.79 Å². The van der Waals surface area contributed by atoms with Gasteiger partial charge in [0.2, 0.25) is 11.8 Å². The van der Waals surface area contributed by atoms with Crippen LogP contribution >= 0.6 is 15.9 Å². The molecule has 1 aliphatic heterocycles. The number of nitrogens with one attached hydrogen (secondary N) is 1. The first-order chi connectivity index (χ1) is 21.6. The molecule has 2 bridgehead atoms. The van der Waals surface area contributed by atoms with Crippen LogP contribution in [-0.2, 0) is 28.7 Å². The van der Waals surface area contributed by atoms with Gasteiger partial charge in [0.25, 0.3) is 0 Å². The summed E-state index contributed by atoms with van der Waals surface area (Å²) in [6.45, 7) is 10.7. The summed E-state index contributed by atoms with van der Waals surface area (Å²) >= 11 is 3.78. The number of nitrogens with zero attached hydrogens (tertiary/aromatic N) is 1. The summed E-state index contributed by atoms with van der Waals surface area (Å²) in [5.74, 6) is -2.49. The number of hydrogen-bond donors (Lipinski definition) is 1. The highest BCUT2D eigenvalue weighted by molar-refractivity contribution is 9.10. The topological polar surface area (TPSA) is 119 Å². The van der Waals surface area contributed by atoms with Crippen molar-refractivity contribution in [2.45, 2.75) is 76.8 Å². The second-order valence-corrected chi connectivity index (χ2v) is 14.8. The van der Waals surface area contributed by atoms with Crippen molar-refractivity contribution in [2.24, 2.45) is 16.7 Å². The molecule has 0 radical (unpaired) electrons. The molecule has 4 unspecified atom stereocenters. The normalized spacial score (nSPS) is 27.6. The number of fused-ring (bicyclic) bond motifs is 5. The van der Waals surface area contributed by atoms with Gasteiger partial charge in [-0.3, -0.25) is 19.3 Å². The van der Waals surface area contributed by atoms with Crippen LogP contribution in [0.5, 0.6) is 0 Å². The summed E-state index contributed by atoms with van der Waals surface area (Å²) < 4.78 is 9.00. The second kappa shape index (κ2) is 12.1. The highest BCUT2D eigenvalue weighted by atomic mass is 79.9. The number of esters is 1. The SMILES string of the molecule is CCOC(=O)[C@H](CCCCN1C(=O)C2C3(C)C(=O)C(C)(C(c4ccccc4)=C3c3ccccc3)C2(Br)C1=O)NC(=O)OC(C)(C)C. The number of halogens is 1.